The molecule has 0 atom stereocenters. The Morgan fingerprint density at radius 1 is 0.771 bits per heavy atom. The van der Waals surface area contributed by atoms with Crippen LogP contribution in [0.5, 0.6) is 34.5 Å². The van der Waals surface area contributed by atoms with Crippen molar-refractivity contribution >= 4 is 23.4 Å². The quantitative estimate of drug-likeness (QED) is 0.307. The van der Waals surface area contributed by atoms with Crippen molar-refractivity contribution in [2.75, 3.05) is 48.0 Å². The standard InChI is InChI=1S/C26H28N2O7/c1-30-20-12-16(13-21(31-2)24(20)34-5)9-10-19(29)18-8-7-11-27-26(18)28-17-14-22(32-3)25(35-6)23(15-17)33-4/h7-15H,1-6H3,(H,27,28). The Kier molecular flexibility index (Phi) is 8.39. The number of nitrogens with one attached hydrogen (secondary N) is 1. The molecule has 9 heteroatoms. The molecule has 0 aliphatic heterocycles. The van der Waals surface area contributed by atoms with Gasteiger partial charge in [0, 0.05) is 24.0 Å². The predicted molar refractivity (Wildman–Crippen MR) is 133 cm³/mol. The van der Waals surface area contributed by atoms with E-state index in [0.717, 1.165) is 0 Å². The first kappa shape index (κ1) is 25.2. The van der Waals surface area contributed by atoms with E-state index in [0.29, 0.717) is 57.1 Å². The summed E-state index contributed by atoms with van der Waals surface area (Å²) < 4.78 is 32.3. The lowest BCUT2D eigenvalue weighted by atomic mass is 10.1. The number of nitrogens with zero attached hydrogens (tertiary/aromatic N) is 1. The number of ether oxygens (including phenoxy) is 6. The van der Waals surface area contributed by atoms with Gasteiger partial charge in [-0.05, 0) is 35.9 Å². The molecule has 9 nitrogen and oxygen atoms in total. The number of rotatable bonds is 11. The third-order valence-electron chi connectivity index (χ3n) is 5.11. The average molecular weight is 481 g/mol. The van der Waals surface area contributed by atoms with Crippen LogP contribution in [0.25, 0.3) is 6.08 Å². The zero-order valence-electron chi connectivity index (χ0n) is 20.5. The van der Waals surface area contributed by atoms with Crippen molar-refractivity contribution in [2.24, 2.45) is 0 Å². The fraction of sp³-hybridized carbons (Fsp3) is 0.231. The van der Waals surface area contributed by atoms with E-state index in [1.54, 1.807) is 48.7 Å². The van der Waals surface area contributed by atoms with Crippen LogP contribution in [0.15, 0.2) is 48.7 Å². The van der Waals surface area contributed by atoms with Gasteiger partial charge in [-0.3, -0.25) is 4.79 Å². The minimum absolute atomic E-state index is 0.248. The number of pyridine rings is 1. The maximum Gasteiger partial charge on any atom is 0.203 e. The SMILES string of the molecule is COc1cc(C=CC(=O)c2cccnc2Nc2cc(OC)c(OC)c(OC)c2)cc(OC)c1OC. The Morgan fingerprint density at radius 2 is 1.29 bits per heavy atom. The van der Waals surface area contributed by atoms with Crippen molar-refractivity contribution in [3.05, 3.63) is 59.8 Å². The van der Waals surface area contributed by atoms with Gasteiger partial charge in [0.2, 0.25) is 11.5 Å². The summed E-state index contributed by atoms with van der Waals surface area (Å²) in [4.78, 5) is 17.4. The van der Waals surface area contributed by atoms with E-state index in [9.17, 15) is 4.79 Å². The van der Waals surface area contributed by atoms with E-state index in [-0.39, 0.29) is 5.78 Å². The highest BCUT2D eigenvalue weighted by atomic mass is 16.5. The molecule has 3 rings (SSSR count). The monoisotopic (exact) mass is 480 g/mol. The van der Waals surface area contributed by atoms with Crippen LogP contribution in [-0.4, -0.2) is 53.4 Å². The van der Waals surface area contributed by atoms with Crippen LogP contribution >= 0.6 is 0 Å². The van der Waals surface area contributed by atoms with Crippen LogP contribution in [0.1, 0.15) is 15.9 Å². The van der Waals surface area contributed by atoms with Crippen LogP contribution in [0.3, 0.4) is 0 Å². The summed E-state index contributed by atoms with van der Waals surface area (Å²) in [6, 6.07) is 10.4. The zero-order valence-corrected chi connectivity index (χ0v) is 20.5. The number of carbonyl (C=O) groups is 1. The van der Waals surface area contributed by atoms with Crippen molar-refractivity contribution in [3.8, 4) is 34.5 Å². The predicted octanol–water partition coefficient (Wildman–Crippen LogP) is 4.77. The van der Waals surface area contributed by atoms with Crippen molar-refractivity contribution in [1.82, 2.24) is 4.98 Å². The first-order valence-corrected chi connectivity index (χ1v) is 10.5. The van der Waals surface area contributed by atoms with Gasteiger partial charge < -0.3 is 33.7 Å². The first-order chi connectivity index (χ1) is 17.0. The molecule has 0 radical (unpaired) electrons. The summed E-state index contributed by atoms with van der Waals surface area (Å²) in [5.41, 5.74) is 1.70. The Labute approximate surface area is 204 Å². The minimum Gasteiger partial charge on any atom is -0.493 e. The van der Waals surface area contributed by atoms with Gasteiger partial charge in [0.25, 0.3) is 0 Å². The Balaban J connectivity index is 1.91. The summed E-state index contributed by atoms with van der Waals surface area (Å²) in [7, 11) is 9.20. The highest BCUT2D eigenvalue weighted by molar-refractivity contribution is 6.10. The van der Waals surface area contributed by atoms with E-state index in [4.69, 9.17) is 28.4 Å². The summed E-state index contributed by atoms with van der Waals surface area (Å²) in [5.74, 6) is 2.99. The largest absolute Gasteiger partial charge is 0.493 e. The topological polar surface area (TPSA) is 97.4 Å². The highest BCUT2D eigenvalue weighted by Gasteiger charge is 2.16. The van der Waals surface area contributed by atoms with Crippen molar-refractivity contribution in [1.29, 1.82) is 0 Å². The van der Waals surface area contributed by atoms with Crippen LogP contribution in [0, 0.1) is 0 Å². The number of benzene rings is 2. The molecule has 1 N–H and O–H groups in total. The van der Waals surface area contributed by atoms with Crippen molar-refractivity contribution in [3.63, 3.8) is 0 Å². The lowest BCUT2D eigenvalue weighted by Gasteiger charge is -2.15. The number of carbonyl (C=O) groups excluding carboxylic acids is 1. The van der Waals surface area contributed by atoms with Gasteiger partial charge in [-0.15, -0.1) is 0 Å². The number of hydrogen-bond donors (Lipinski definition) is 1. The Hall–Kier alpha value is -4.40. The molecule has 1 heterocycles. The van der Waals surface area contributed by atoms with Gasteiger partial charge >= 0.3 is 0 Å². The fourth-order valence-electron chi connectivity index (χ4n) is 3.45. The molecule has 2 aromatic carbocycles. The highest BCUT2D eigenvalue weighted by Crippen LogP contribution is 2.41. The van der Waals surface area contributed by atoms with Crippen LogP contribution < -0.4 is 33.7 Å². The molecule has 0 amide bonds. The molecular weight excluding hydrogens is 452 g/mol. The number of aromatic nitrogens is 1. The zero-order chi connectivity index (χ0) is 25.4. The minimum atomic E-state index is -0.248. The Bertz CT molecular complexity index is 1170. The number of methoxy groups -OCH3 is 6. The molecule has 0 aliphatic carbocycles. The number of hydrogen-bond acceptors (Lipinski definition) is 9. The summed E-state index contributed by atoms with van der Waals surface area (Å²) in [6.07, 6.45) is 4.72. The van der Waals surface area contributed by atoms with E-state index < -0.39 is 0 Å². The van der Waals surface area contributed by atoms with Gasteiger partial charge in [-0.1, -0.05) is 6.08 Å². The molecule has 0 fully saturated rings. The second kappa shape index (κ2) is 11.6. The van der Waals surface area contributed by atoms with Crippen LogP contribution in [0.4, 0.5) is 11.5 Å². The number of allylic oxidation sites excluding steroid dienone is 1. The molecule has 1 aromatic heterocycles. The molecule has 0 spiro atoms. The van der Waals surface area contributed by atoms with Gasteiger partial charge in [0.1, 0.15) is 5.82 Å². The summed E-state index contributed by atoms with van der Waals surface area (Å²) in [5, 5.41) is 3.17. The average Bonchev–Trinajstić information content (AvgIpc) is 2.90. The van der Waals surface area contributed by atoms with Gasteiger partial charge in [-0.25, -0.2) is 4.98 Å². The van der Waals surface area contributed by atoms with Crippen molar-refractivity contribution in [2.45, 2.75) is 0 Å². The van der Waals surface area contributed by atoms with Gasteiger partial charge in [0.15, 0.2) is 28.8 Å². The van der Waals surface area contributed by atoms with E-state index in [2.05, 4.69) is 10.3 Å². The second-order valence-electron chi connectivity index (χ2n) is 7.09. The maximum absolute atomic E-state index is 13.1. The van der Waals surface area contributed by atoms with Gasteiger partial charge in [0.05, 0.1) is 48.2 Å². The number of anilines is 2. The van der Waals surface area contributed by atoms with Crippen molar-refractivity contribution < 1.29 is 33.2 Å². The molecule has 184 valence electrons. The second-order valence-corrected chi connectivity index (χ2v) is 7.09. The summed E-state index contributed by atoms with van der Waals surface area (Å²) >= 11 is 0. The molecular formula is C26H28N2O7. The van der Waals surface area contributed by atoms with Crippen LogP contribution in [0.2, 0.25) is 0 Å². The van der Waals surface area contributed by atoms with Crippen LogP contribution in [-0.2, 0) is 0 Å². The van der Waals surface area contributed by atoms with E-state index in [1.165, 1.54) is 48.7 Å². The summed E-state index contributed by atoms with van der Waals surface area (Å²) in [6.45, 7) is 0. The van der Waals surface area contributed by atoms with Gasteiger partial charge in [-0.2, -0.15) is 0 Å². The Morgan fingerprint density at radius 3 is 1.77 bits per heavy atom. The molecule has 35 heavy (non-hydrogen) atoms. The molecule has 0 unspecified atom stereocenters. The fourth-order valence-corrected chi connectivity index (χ4v) is 3.45. The molecule has 0 saturated carbocycles. The normalized spacial score (nSPS) is 10.6. The molecule has 0 saturated heterocycles. The molecule has 0 aliphatic rings. The molecule has 0 bridgehead atoms. The lowest BCUT2D eigenvalue weighted by molar-refractivity contribution is 0.104. The van der Waals surface area contributed by atoms with E-state index in [1.807, 2.05) is 0 Å². The smallest absolute Gasteiger partial charge is 0.203 e. The third-order valence-corrected chi connectivity index (χ3v) is 5.11. The number of ketones is 1. The molecule has 3 aromatic rings. The van der Waals surface area contributed by atoms with E-state index >= 15 is 0 Å². The third kappa shape index (κ3) is 5.57. The lowest BCUT2D eigenvalue weighted by Crippen LogP contribution is -2.04. The first-order valence-electron chi connectivity index (χ1n) is 10.5. The maximum atomic E-state index is 13.1.